The molecule has 0 radical (unpaired) electrons. The van der Waals surface area contributed by atoms with Crippen LogP contribution < -0.4 is 5.32 Å². The van der Waals surface area contributed by atoms with Crippen LogP contribution in [0.5, 0.6) is 0 Å². The van der Waals surface area contributed by atoms with Gasteiger partial charge in [0.2, 0.25) is 0 Å². The van der Waals surface area contributed by atoms with Gasteiger partial charge in [0.25, 0.3) is 0 Å². The summed E-state index contributed by atoms with van der Waals surface area (Å²) in [6, 6.07) is 9.06. The van der Waals surface area contributed by atoms with E-state index in [4.69, 9.17) is 0 Å². The van der Waals surface area contributed by atoms with Crippen molar-refractivity contribution in [2.24, 2.45) is 5.92 Å². The van der Waals surface area contributed by atoms with Gasteiger partial charge in [0, 0.05) is 22.2 Å². The molecule has 0 aromatic heterocycles. The van der Waals surface area contributed by atoms with E-state index in [0.717, 1.165) is 17.7 Å². The van der Waals surface area contributed by atoms with E-state index in [2.05, 4.69) is 69.0 Å². The van der Waals surface area contributed by atoms with Gasteiger partial charge in [-0.05, 0) is 70.1 Å². The van der Waals surface area contributed by atoms with Gasteiger partial charge in [-0.15, -0.1) is 11.8 Å². The Hall–Kier alpha value is -0.470. The lowest BCUT2D eigenvalue weighted by atomic mass is 9.91. The molecular formula is C18H29NS. The molecule has 1 fully saturated rings. The molecule has 20 heavy (non-hydrogen) atoms. The smallest absolute Gasteiger partial charge is 0.0210 e. The summed E-state index contributed by atoms with van der Waals surface area (Å²) in [6.07, 6.45) is 5.58. The molecule has 1 saturated carbocycles. The third kappa shape index (κ3) is 5.49. The molecule has 0 spiro atoms. The molecular weight excluding hydrogens is 262 g/mol. The van der Waals surface area contributed by atoms with Gasteiger partial charge in [-0.25, -0.2) is 0 Å². The topological polar surface area (TPSA) is 12.0 Å². The standard InChI is InChI=1S/C18H29NS/c1-14-8-10-16(11-9-14)20-17-7-5-6-15(12-17)13-19-18(2,3)4/h5-7,12,14,16,19H,8-11,13H2,1-4H3. The summed E-state index contributed by atoms with van der Waals surface area (Å²) in [5.74, 6) is 0.939. The highest BCUT2D eigenvalue weighted by atomic mass is 32.2. The molecule has 1 nitrogen and oxygen atoms in total. The van der Waals surface area contributed by atoms with Crippen LogP contribution in [0.3, 0.4) is 0 Å². The monoisotopic (exact) mass is 291 g/mol. The second-order valence-electron chi connectivity index (χ2n) is 7.25. The molecule has 1 N–H and O–H groups in total. The van der Waals surface area contributed by atoms with Crippen LogP contribution in [0.15, 0.2) is 29.2 Å². The van der Waals surface area contributed by atoms with E-state index >= 15 is 0 Å². The first-order valence-corrected chi connectivity index (χ1v) is 8.81. The maximum Gasteiger partial charge on any atom is 0.0210 e. The Kier molecular flexibility index (Phi) is 5.57. The van der Waals surface area contributed by atoms with Crippen molar-refractivity contribution in [3.8, 4) is 0 Å². The average molecular weight is 292 g/mol. The van der Waals surface area contributed by atoms with Gasteiger partial charge in [-0.2, -0.15) is 0 Å². The lowest BCUT2D eigenvalue weighted by Gasteiger charge is -2.26. The second kappa shape index (κ2) is 7.00. The quantitative estimate of drug-likeness (QED) is 0.813. The molecule has 2 rings (SSSR count). The van der Waals surface area contributed by atoms with Crippen molar-refractivity contribution in [3.05, 3.63) is 29.8 Å². The fraction of sp³-hybridized carbons (Fsp3) is 0.667. The van der Waals surface area contributed by atoms with Gasteiger partial charge in [0.05, 0.1) is 0 Å². The zero-order valence-electron chi connectivity index (χ0n) is 13.4. The van der Waals surface area contributed by atoms with Crippen molar-refractivity contribution in [3.63, 3.8) is 0 Å². The summed E-state index contributed by atoms with van der Waals surface area (Å²) < 4.78 is 0. The van der Waals surface area contributed by atoms with Gasteiger partial charge >= 0.3 is 0 Å². The SMILES string of the molecule is CC1CCC(Sc2cccc(CNC(C)(C)C)c2)CC1. The molecule has 1 aliphatic rings. The van der Waals surface area contributed by atoms with Crippen LogP contribution in [0.2, 0.25) is 0 Å². The second-order valence-corrected chi connectivity index (χ2v) is 8.62. The molecule has 0 amide bonds. The van der Waals surface area contributed by atoms with Crippen molar-refractivity contribution < 1.29 is 0 Å². The number of rotatable bonds is 4. The first kappa shape index (κ1) is 15.9. The van der Waals surface area contributed by atoms with Crippen LogP contribution in [-0.4, -0.2) is 10.8 Å². The Morgan fingerprint density at radius 1 is 1.15 bits per heavy atom. The molecule has 0 atom stereocenters. The van der Waals surface area contributed by atoms with Gasteiger partial charge < -0.3 is 5.32 Å². The van der Waals surface area contributed by atoms with Crippen molar-refractivity contribution in [1.82, 2.24) is 5.32 Å². The Morgan fingerprint density at radius 3 is 2.50 bits per heavy atom. The molecule has 2 heteroatoms. The van der Waals surface area contributed by atoms with Crippen LogP contribution in [-0.2, 0) is 6.54 Å². The summed E-state index contributed by atoms with van der Waals surface area (Å²) in [6.45, 7) is 10.00. The molecule has 0 aliphatic heterocycles. The first-order valence-electron chi connectivity index (χ1n) is 7.93. The average Bonchev–Trinajstić information content (AvgIpc) is 2.39. The van der Waals surface area contributed by atoms with E-state index in [1.165, 1.54) is 36.1 Å². The molecule has 1 aromatic carbocycles. The summed E-state index contributed by atoms with van der Waals surface area (Å²) in [7, 11) is 0. The molecule has 0 bridgehead atoms. The zero-order valence-corrected chi connectivity index (χ0v) is 14.2. The number of benzene rings is 1. The first-order chi connectivity index (χ1) is 9.42. The zero-order chi connectivity index (χ0) is 14.6. The minimum absolute atomic E-state index is 0.183. The largest absolute Gasteiger partial charge is 0.308 e. The van der Waals surface area contributed by atoms with Crippen LogP contribution in [0.1, 0.15) is 58.9 Å². The van der Waals surface area contributed by atoms with E-state index in [1.807, 2.05) is 0 Å². The maximum absolute atomic E-state index is 3.57. The van der Waals surface area contributed by atoms with E-state index in [9.17, 15) is 0 Å². The molecule has 1 aromatic rings. The van der Waals surface area contributed by atoms with E-state index in [-0.39, 0.29) is 5.54 Å². The fourth-order valence-electron chi connectivity index (χ4n) is 2.64. The van der Waals surface area contributed by atoms with Crippen molar-refractivity contribution in [1.29, 1.82) is 0 Å². The third-order valence-electron chi connectivity index (χ3n) is 3.99. The van der Waals surface area contributed by atoms with E-state index in [1.54, 1.807) is 0 Å². The Bertz CT molecular complexity index is 414. The minimum atomic E-state index is 0.183. The molecule has 0 saturated heterocycles. The maximum atomic E-state index is 3.57. The predicted molar refractivity (Wildman–Crippen MR) is 90.3 cm³/mol. The number of nitrogens with one attached hydrogen (secondary N) is 1. The Balaban J connectivity index is 1.89. The lowest BCUT2D eigenvalue weighted by molar-refractivity contribution is 0.393. The summed E-state index contributed by atoms with van der Waals surface area (Å²) in [5.41, 5.74) is 1.58. The molecule has 112 valence electrons. The number of hydrogen-bond donors (Lipinski definition) is 1. The van der Waals surface area contributed by atoms with Crippen LogP contribution in [0.4, 0.5) is 0 Å². The molecule has 1 aliphatic carbocycles. The highest BCUT2D eigenvalue weighted by Gasteiger charge is 2.19. The summed E-state index contributed by atoms with van der Waals surface area (Å²) in [5, 5.41) is 4.40. The summed E-state index contributed by atoms with van der Waals surface area (Å²) in [4.78, 5) is 1.44. The van der Waals surface area contributed by atoms with Crippen LogP contribution in [0, 0.1) is 5.92 Å². The van der Waals surface area contributed by atoms with Crippen LogP contribution >= 0.6 is 11.8 Å². The van der Waals surface area contributed by atoms with Gasteiger partial charge in [0.1, 0.15) is 0 Å². The van der Waals surface area contributed by atoms with E-state index in [0.29, 0.717) is 0 Å². The van der Waals surface area contributed by atoms with Crippen molar-refractivity contribution in [2.45, 2.75) is 75.6 Å². The highest BCUT2D eigenvalue weighted by Crippen LogP contribution is 2.35. The predicted octanol–water partition coefficient (Wildman–Crippen LogP) is 5.25. The van der Waals surface area contributed by atoms with E-state index < -0.39 is 0 Å². The molecule has 0 heterocycles. The highest BCUT2D eigenvalue weighted by molar-refractivity contribution is 8.00. The fourth-order valence-corrected chi connectivity index (χ4v) is 3.91. The summed E-state index contributed by atoms with van der Waals surface area (Å²) >= 11 is 2.09. The lowest BCUT2D eigenvalue weighted by Crippen LogP contribution is -2.35. The van der Waals surface area contributed by atoms with Gasteiger partial charge in [0.15, 0.2) is 0 Å². The third-order valence-corrected chi connectivity index (χ3v) is 5.32. The van der Waals surface area contributed by atoms with Gasteiger partial charge in [-0.1, -0.05) is 19.1 Å². The van der Waals surface area contributed by atoms with Crippen molar-refractivity contribution in [2.75, 3.05) is 0 Å². The normalized spacial score (nSPS) is 23.8. The Morgan fingerprint density at radius 2 is 1.85 bits per heavy atom. The molecule has 0 unspecified atom stereocenters. The Labute approximate surface area is 128 Å². The van der Waals surface area contributed by atoms with Gasteiger partial charge in [-0.3, -0.25) is 0 Å². The number of hydrogen-bond acceptors (Lipinski definition) is 2. The minimum Gasteiger partial charge on any atom is -0.308 e. The number of thioether (sulfide) groups is 1. The van der Waals surface area contributed by atoms with Crippen molar-refractivity contribution >= 4 is 11.8 Å². The van der Waals surface area contributed by atoms with Crippen LogP contribution in [0.25, 0.3) is 0 Å².